The number of methoxy groups -OCH3 is 1. The molecule has 2 aromatic rings. The maximum Gasteiger partial charge on any atom is 0.295 e. The van der Waals surface area contributed by atoms with Gasteiger partial charge in [-0.1, -0.05) is 74.2 Å². The Hall–Kier alpha value is -3.08. The first-order valence-electron chi connectivity index (χ1n) is 10.5. The third kappa shape index (κ3) is 4.25. The van der Waals surface area contributed by atoms with Crippen LogP contribution in [0, 0.1) is 6.92 Å². The molecular weight excluding hydrogens is 378 g/mol. The second-order valence-electron chi connectivity index (χ2n) is 7.66. The number of para-hydroxylation sites is 1. The standard InChI is InChI=1S/C25H29NO4/c1-4-5-6-9-16-26-22(19-10-7-8-11-20(19)30-3)21(24(28)25(26)29)23(27)18-14-12-17(2)13-15-18/h7-8,10-15,22,27H,4-6,9,16H2,1-3H3. The van der Waals surface area contributed by atoms with Crippen LogP contribution in [-0.4, -0.2) is 35.4 Å². The van der Waals surface area contributed by atoms with Gasteiger partial charge in [-0.05, 0) is 19.4 Å². The molecule has 3 rings (SSSR count). The van der Waals surface area contributed by atoms with E-state index in [1.54, 1.807) is 30.2 Å². The molecule has 1 amide bonds. The van der Waals surface area contributed by atoms with Crippen molar-refractivity contribution in [1.29, 1.82) is 0 Å². The highest BCUT2D eigenvalue weighted by Crippen LogP contribution is 2.42. The number of likely N-dealkylation sites (tertiary alicyclic amines) is 1. The largest absolute Gasteiger partial charge is 0.507 e. The first kappa shape index (κ1) is 21.6. The molecule has 0 aliphatic carbocycles. The van der Waals surface area contributed by atoms with Crippen LogP contribution in [0.4, 0.5) is 0 Å². The number of nitrogens with zero attached hydrogens (tertiary/aromatic N) is 1. The monoisotopic (exact) mass is 407 g/mol. The van der Waals surface area contributed by atoms with Crippen LogP contribution >= 0.6 is 0 Å². The van der Waals surface area contributed by atoms with E-state index in [1.165, 1.54) is 0 Å². The zero-order valence-corrected chi connectivity index (χ0v) is 17.9. The number of hydrogen-bond donors (Lipinski definition) is 1. The van der Waals surface area contributed by atoms with Crippen LogP contribution in [0.2, 0.25) is 0 Å². The van der Waals surface area contributed by atoms with Crippen molar-refractivity contribution in [2.75, 3.05) is 13.7 Å². The van der Waals surface area contributed by atoms with E-state index in [9.17, 15) is 14.7 Å². The zero-order chi connectivity index (χ0) is 21.7. The number of amides is 1. The Kier molecular flexibility index (Phi) is 6.93. The lowest BCUT2D eigenvalue weighted by atomic mass is 9.94. The number of rotatable bonds is 8. The minimum Gasteiger partial charge on any atom is -0.507 e. The lowest BCUT2D eigenvalue weighted by molar-refractivity contribution is -0.139. The topological polar surface area (TPSA) is 66.8 Å². The van der Waals surface area contributed by atoms with Crippen molar-refractivity contribution in [3.05, 3.63) is 70.8 Å². The normalized spacial score (nSPS) is 18.1. The summed E-state index contributed by atoms with van der Waals surface area (Å²) in [5.41, 5.74) is 2.38. The van der Waals surface area contributed by atoms with Gasteiger partial charge in [0.05, 0.1) is 18.7 Å². The molecule has 5 heteroatoms. The summed E-state index contributed by atoms with van der Waals surface area (Å²) in [6.45, 7) is 4.54. The highest BCUT2D eigenvalue weighted by Gasteiger charge is 2.46. The van der Waals surface area contributed by atoms with E-state index in [-0.39, 0.29) is 11.3 Å². The fourth-order valence-electron chi connectivity index (χ4n) is 3.90. The number of ether oxygens (including phenoxy) is 1. The molecule has 1 aliphatic heterocycles. The van der Waals surface area contributed by atoms with Crippen molar-refractivity contribution >= 4 is 17.4 Å². The van der Waals surface area contributed by atoms with E-state index in [0.29, 0.717) is 23.4 Å². The number of carbonyl (C=O) groups is 2. The van der Waals surface area contributed by atoms with E-state index in [0.717, 1.165) is 31.2 Å². The van der Waals surface area contributed by atoms with Crippen LogP contribution in [0.15, 0.2) is 54.1 Å². The van der Waals surface area contributed by atoms with Crippen LogP contribution in [0.3, 0.4) is 0 Å². The van der Waals surface area contributed by atoms with E-state index in [2.05, 4.69) is 6.92 Å². The van der Waals surface area contributed by atoms with Crippen LogP contribution in [0.5, 0.6) is 5.75 Å². The van der Waals surface area contributed by atoms with Gasteiger partial charge in [-0.2, -0.15) is 0 Å². The van der Waals surface area contributed by atoms with Crippen molar-refractivity contribution in [1.82, 2.24) is 4.90 Å². The van der Waals surface area contributed by atoms with Crippen LogP contribution in [-0.2, 0) is 9.59 Å². The Morgan fingerprint density at radius 2 is 1.73 bits per heavy atom. The van der Waals surface area contributed by atoms with Crippen molar-refractivity contribution in [3.63, 3.8) is 0 Å². The van der Waals surface area contributed by atoms with E-state index in [1.807, 2.05) is 37.3 Å². The second kappa shape index (κ2) is 9.61. The second-order valence-corrected chi connectivity index (χ2v) is 7.66. The fraction of sp³-hybridized carbons (Fsp3) is 0.360. The molecule has 0 spiro atoms. The van der Waals surface area contributed by atoms with Gasteiger partial charge in [-0.15, -0.1) is 0 Å². The molecule has 1 saturated heterocycles. The predicted molar refractivity (Wildman–Crippen MR) is 117 cm³/mol. The highest BCUT2D eigenvalue weighted by atomic mass is 16.5. The number of aliphatic hydroxyl groups excluding tert-OH is 1. The molecule has 0 radical (unpaired) electrons. The number of unbranched alkanes of at least 4 members (excludes halogenated alkanes) is 3. The smallest absolute Gasteiger partial charge is 0.295 e. The molecule has 0 bridgehead atoms. The number of benzene rings is 2. The molecule has 0 aromatic heterocycles. The van der Waals surface area contributed by atoms with Gasteiger partial charge < -0.3 is 14.7 Å². The molecule has 5 nitrogen and oxygen atoms in total. The Labute approximate surface area is 178 Å². The molecule has 1 fully saturated rings. The molecule has 1 aliphatic rings. The average molecular weight is 408 g/mol. The average Bonchev–Trinajstić information content (AvgIpc) is 3.01. The number of hydrogen-bond acceptors (Lipinski definition) is 4. The first-order valence-corrected chi connectivity index (χ1v) is 10.5. The maximum atomic E-state index is 13.0. The van der Waals surface area contributed by atoms with Gasteiger partial charge in [-0.3, -0.25) is 9.59 Å². The van der Waals surface area contributed by atoms with Crippen molar-refractivity contribution in [2.24, 2.45) is 0 Å². The van der Waals surface area contributed by atoms with E-state index >= 15 is 0 Å². The molecule has 0 saturated carbocycles. The third-order valence-electron chi connectivity index (χ3n) is 5.55. The Morgan fingerprint density at radius 1 is 1.03 bits per heavy atom. The highest BCUT2D eigenvalue weighted by molar-refractivity contribution is 6.46. The summed E-state index contributed by atoms with van der Waals surface area (Å²) in [5.74, 6) is -0.798. The molecule has 30 heavy (non-hydrogen) atoms. The number of aryl methyl sites for hydroxylation is 1. The Balaban J connectivity index is 2.11. The molecule has 1 N–H and O–H groups in total. The van der Waals surface area contributed by atoms with Gasteiger partial charge in [0.2, 0.25) is 0 Å². The molecule has 1 heterocycles. The lowest BCUT2D eigenvalue weighted by Gasteiger charge is -2.26. The van der Waals surface area contributed by atoms with E-state index in [4.69, 9.17) is 4.74 Å². The summed E-state index contributed by atoms with van der Waals surface area (Å²) in [6.07, 6.45) is 3.95. The van der Waals surface area contributed by atoms with Gasteiger partial charge in [0.1, 0.15) is 11.5 Å². The summed E-state index contributed by atoms with van der Waals surface area (Å²) < 4.78 is 5.52. The van der Waals surface area contributed by atoms with Gasteiger partial charge in [0.15, 0.2) is 0 Å². The van der Waals surface area contributed by atoms with Crippen LogP contribution in [0.1, 0.15) is 55.3 Å². The fourth-order valence-corrected chi connectivity index (χ4v) is 3.90. The number of ketones is 1. The van der Waals surface area contributed by atoms with Gasteiger partial charge in [-0.25, -0.2) is 0 Å². The predicted octanol–water partition coefficient (Wildman–Crippen LogP) is 5.01. The number of aliphatic hydroxyl groups is 1. The van der Waals surface area contributed by atoms with Crippen LogP contribution in [0.25, 0.3) is 5.76 Å². The maximum absolute atomic E-state index is 13.0. The molecule has 1 unspecified atom stereocenters. The first-order chi connectivity index (χ1) is 14.5. The minimum atomic E-state index is -0.677. The van der Waals surface area contributed by atoms with Crippen molar-refractivity contribution < 1.29 is 19.4 Å². The number of Topliss-reactive ketones (excluding diaryl/α,β-unsaturated/α-hetero) is 1. The summed E-state index contributed by atoms with van der Waals surface area (Å²) in [7, 11) is 1.56. The van der Waals surface area contributed by atoms with Gasteiger partial charge >= 0.3 is 0 Å². The van der Waals surface area contributed by atoms with Gasteiger partial charge in [0.25, 0.3) is 11.7 Å². The molecule has 158 valence electrons. The molecule has 2 aromatic carbocycles. The zero-order valence-electron chi connectivity index (χ0n) is 17.9. The van der Waals surface area contributed by atoms with E-state index < -0.39 is 17.7 Å². The quantitative estimate of drug-likeness (QED) is 0.289. The van der Waals surface area contributed by atoms with Crippen LogP contribution < -0.4 is 4.74 Å². The van der Waals surface area contributed by atoms with Crippen molar-refractivity contribution in [3.8, 4) is 5.75 Å². The minimum absolute atomic E-state index is 0.115. The molecule has 1 atom stereocenters. The summed E-state index contributed by atoms with van der Waals surface area (Å²) in [5, 5.41) is 11.1. The van der Waals surface area contributed by atoms with Gasteiger partial charge in [0, 0.05) is 17.7 Å². The van der Waals surface area contributed by atoms with Crippen molar-refractivity contribution in [2.45, 2.75) is 45.6 Å². The molecular formula is C25H29NO4. The summed E-state index contributed by atoms with van der Waals surface area (Å²) >= 11 is 0. The number of carbonyl (C=O) groups excluding carboxylic acids is 2. The summed E-state index contributed by atoms with van der Waals surface area (Å²) in [6, 6.07) is 13.9. The SMILES string of the molecule is CCCCCCN1C(=O)C(=O)C(=C(O)c2ccc(C)cc2)C1c1ccccc1OC. The summed E-state index contributed by atoms with van der Waals surface area (Å²) in [4.78, 5) is 27.5. The third-order valence-corrected chi connectivity index (χ3v) is 5.55. The lowest BCUT2D eigenvalue weighted by Crippen LogP contribution is -2.30. The Morgan fingerprint density at radius 3 is 2.40 bits per heavy atom. The Bertz CT molecular complexity index is 946.